The summed E-state index contributed by atoms with van der Waals surface area (Å²) in [6.45, 7) is 11.2. The second kappa shape index (κ2) is 20.1. The Morgan fingerprint density at radius 2 is 1.85 bits per heavy atom. The lowest BCUT2D eigenvalue weighted by molar-refractivity contribution is -0.162. The Morgan fingerprint density at radius 1 is 1.15 bits per heavy atom. The predicted molar refractivity (Wildman–Crippen MR) is 233 cm³/mol. The van der Waals surface area contributed by atoms with Crippen molar-refractivity contribution in [2.24, 2.45) is 11.8 Å². The number of nitrogens with one attached hydrogen (secondary N) is 1. The summed E-state index contributed by atoms with van der Waals surface area (Å²) >= 11 is 8.03. The van der Waals surface area contributed by atoms with E-state index in [2.05, 4.69) is 5.32 Å². The zero-order valence-corrected chi connectivity index (χ0v) is 38.8. The normalized spacial score (nSPS) is 31.5. The molecule has 5 amide bonds. The van der Waals surface area contributed by atoms with Crippen molar-refractivity contribution in [1.82, 2.24) is 15.1 Å². The molecule has 1 aromatic carbocycles. The molecule has 62 heavy (non-hydrogen) atoms. The molecule has 18 heteroatoms. The van der Waals surface area contributed by atoms with Crippen molar-refractivity contribution in [2.75, 3.05) is 45.5 Å². The minimum atomic E-state index is -1.86. The zero-order chi connectivity index (χ0) is 45.8. The number of ether oxygens (including phenoxy) is 5. The van der Waals surface area contributed by atoms with E-state index in [4.69, 9.17) is 35.3 Å². The molecule has 10 atom stereocenters. The van der Waals surface area contributed by atoms with Crippen LogP contribution < -0.4 is 15.0 Å². The highest BCUT2D eigenvalue weighted by Gasteiger charge is 2.64. The third-order valence-corrected chi connectivity index (χ3v) is 14.1. The van der Waals surface area contributed by atoms with Crippen LogP contribution >= 0.6 is 23.4 Å². The molecule has 4 aliphatic rings. The number of epoxide rings is 1. The van der Waals surface area contributed by atoms with E-state index in [1.807, 2.05) is 26.8 Å². The van der Waals surface area contributed by atoms with E-state index in [1.54, 1.807) is 45.2 Å². The Kier molecular flexibility index (Phi) is 15.9. The van der Waals surface area contributed by atoms with Crippen LogP contribution in [0.2, 0.25) is 5.02 Å². The number of carbonyl (C=O) groups excluding carboxylic acids is 6. The van der Waals surface area contributed by atoms with E-state index >= 15 is 0 Å². The molecule has 0 radical (unpaired) electrons. The van der Waals surface area contributed by atoms with E-state index in [1.165, 1.54) is 54.7 Å². The number of rotatable bonds is 12. The molecule has 0 aliphatic carbocycles. The first-order valence-corrected chi connectivity index (χ1v) is 22.4. The number of methoxy groups -OCH3 is 2. The molecule has 0 aromatic heterocycles. The first-order chi connectivity index (χ1) is 29.2. The Balaban J connectivity index is 1.38. The number of benzene rings is 1. The van der Waals surface area contributed by atoms with Crippen LogP contribution in [0.15, 0.2) is 35.9 Å². The first kappa shape index (κ1) is 48.9. The molecular formula is C44H61ClN4O12S. The van der Waals surface area contributed by atoms with Gasteiger partial charge in [0, 0.05) is 58.7 Å². The topological polar surface area (TPSA) is 194 Å². The SMILES string of the molecule is CCC(C)CN1C(=O)CC(SCCC(=O)N(C)[C@@H](C)C(=O)O[C@H]2CC(=O)N(C)c3cc(cc(OC)c3Cl)C/C(C)=C/C=C/[C@@H](OC)[C@@]3(O)C[C@H](OC(=O)N3)[C@@H](C)[C@@H]3OC23C)C1=O. The molecule has 342 valence electrons. The molecule has 16 nitrogen and oxygen atoms in total. The van der Waals surface area contributed by atoms with Crippen molar-refractivity contribution in [1.29, 1.82) is 0 Å². The van der Waals surface area contributed by atoms with E-state index in [9.17, 15) is 33.9 Å². The number of nitrogens with zero attached hydrogens (tertiary/aromatic N) is 3. The minimum Gasteiger partial charge on any atom is -0.495 e. The van der Waals surface area contributed by atoms with Gasteiger partial charge in [-0.3, -0.25) is 29.4 Å². The second-order valence-electron chi connectivity index (χ2n) is 17.1. The third kappa shape index (κ3) is 10.8. The van der Waals surface area contributed by atoms with E-state index in [0.717, 1.165) is 17.6 Å². The number of allylic oxidation sites excluding steroid dienone is 3. The van der Waals surface area contributed by atoms with Crippen molar-refractivity contribution in [3.05, 3.63) is 46.5 Å². The molecule has 4 heterocycles. The van der Waals surface area contributed by atoms with Gasteiger partial charge in [-0.1, -0.05) is 62.6 Å². The van der Waals surface area contributed by atoms with Crippen molar-refractivity contribution in [3.8, 4) is 5.75 Å². The average molecular weight is 906 g/mol. The standard InChI is InChI=1S/C44H61ClN4O12S/c1-11-24(2)23-49-37(52)20-32(40(49)53)62-16-15-35(50)47(7)27(5)41(54)60-34-21-36(51)48(8)29-18-28(19-30(57-9)38(29)45)17-25(3)13-12-14-33(58-10)44(56)22-31(59-42(55)46-44)26(4)39-43(34,6)61-39/h12-14,18-19,24,26-27,31-34,39,56H,11,15-17,20-23H2,1-10H3,(H,46,55)/b14-12+,25-13+/t24?,26-,27+,31+,32?,33-,34+,39+,43?,44+/m1/s1. The zero-order valence-electron chi connectivity index (χ0n) is 37.2. The monoisotopic (exact) mass is 904 g/mol. The number of likely N-dealkylation sites (N-methyl/N-ethyl adjacent to an activating group) is 1. The number of thioether (sulfide) groups is 1. The summed E-state index contributed by atoms with van der Waals surface area (Å²) in [5.41, 5.74) is -1.08. The number of amides is 5. The highest BCUT2D eigenvalue weighted by molar-refractivity contribution is 8.00. The highest BCUT2D eigenvalue weighted by atomic mass is 35.5. The maximum atomic E-state index is 14.3. The Hall–Kier alpha value is -4.16. The van der Waals surface area contributed by atoms with Gasteiger partial charge in [0.2, 0.25) is 23.6 Å². The second-order valence-corrected chi connectivity index (χ2v) is 18.8. The Labute approximate surface area is 372 Å². The summed E-state index contributed by atoms with van der Waals surface area (Å²) in [6, 6.07) is 2.46. The van der Waals surface area contributed by atoms with Gasteiger partial charge in [-0.2, -0.15) is 0 Å². The fraction of sp³-hybridized carbons (Fsp3) is 0.636. The highest BCUT2D eigenvalue weighted by Crippen LogP contribution is 2.49. The third-order valence-electron chi connectivity index (χ3n) is 12.6. The number of hydrogen-bond donors (Lipinski definition) is 2. The van der Waals surface area contributed by atoms with Crippen LogP contribution in [0, 0.1) is 11.8 Å². The van der Waals surface area contributed by atoms with Crippen molar-refractivity contribution in [3.63, 3.8) is 0 Å². The van der Waals surface area contributed by atoms with Crippen LogP contribution in [-0.2, 0) is 49.3 Å². The number of aliphatic hydroxyl groups is 1. The number of imide groups is 1. The fourth-order valence-corrected chi connectivity index (χ4v) is 9.52. The van der Waals surface area contributed by atoms with Gasteiger partial charge in [0.1, 0.15) is 40.7 Å². The number of anilines is 1. The van der Waals surface area contributed by atoms with E-state index < -0.39 is 70.9 Å². The number of carbonyl (C=O) groups is 6. The van der Waals surface area contributed by atoms with Crippen molar-refractivity contribution in [2.45, 2.75) is 127 Å². The first-order valence-electron chi connectivity index (χ1n) is 21.0. The molecule has 3 saturated heterocycles. The predicted octanol–water partition coefficient (Wildman–Crippen LogP) is 4.81. The lowest BCUT2D eigenvalue weighted by Gasteiger charge is -2.42. The molecule has 4 bridgehead atoms. The molecule has 3 unspecified atom stereocenters. The number of hydrogen-bond acceptors (Lipinski definition) is 13. The van der Waals surface area contributed by atoms with E-state index in [-0.39, 0.29) is 60.1 Å². The largest absolute Gasteiger partial charge is 0.495 e. The maximum Gasteiger partial charge on any atom is 0.409 e. The van der Waals surface area contributed by atoms with Crippen molar-refractivity contribution < 1.29 is 57.6 Å². The summed E-state index contributed by atoms with van der Waals surface area (Å²) in [6.07, 6.45) is 1.49. The van der Waals surface area contributed by atoms with Crippen LogP contribution in [0.3, 0.4) is 0 Å². The number of alkyl carbamates (subject to hydrolysis) is 1. The molecule has 3 fully saturated rings. The van der Waals surface area contributed by atoms with Gasteiger partial charge in [-0.05, 0) is 50.8 Å². The molecular weight excluding hydrogens is 844 g/mol. The van der Waals surface area contributed by atoms with Crippen LogP contribution in [0.1, 0.15) is 79.2 Å². The molecule has 5 rings (SSSR count). The van der Waals surface area contributed by atoms with Crippen LogP contribution in [0.5, 0.6) is 5.75 Å². The Bertz CT molecular complexity index is 1960. The smallest absolute Gasteiger partial charge is 0.409 e. The summed E-state index contributed by atoms with van der Waals surface area (Å²) < 4.78 is 29.3. The minimum absolute atomic E-state index is 0.00508. The summed E-state index contributed by atoms with van der Waals surface area (Å²) in [5.74, 6) is -1.90. The van der Waals surface area contributed by atoms with Gasteiger partial charge in [-0.25, -0.2) is 9.59 Å². The fourth-order valence-electron chi connectivity index (χ4n) is 8.10. The number of esters is 1. The summed E-state index contributed by atoms with van der Waals surface area (Å²) in [4.78, 5) is 84.0. The number of fused-ring (bicyclic) bond motifs is 5. The molecule has 0 saturated carbocycles. The van der Waals surface area contributed by atoms with Crippen LogP contribution in [-0.4, -0.2) is 138 Å². The lowest BCUT2D eigenvalue weighted by Crippen LogP contribution is -2.63. The quantitative estimate of drug-likeness (QED) is 0.165. The molecule has 0 spiro atoms. The molecule has 1 aromatic rings. The van der Waals surface area contributed by atoms with Crippen molar-refractivity contribution >= 4 is 64.7 Å². The van der Waals surface area contributed by atoms with Crippen LogP contribution in [0.4, 0.5) is 10.5 Å². The van der Waals surface area contributed by atoms with Gasteiger partial charge < -0.3 is 38.6 Å². The summed E-state index contributed by atoms with van der Waals surface area (Å²) in [5, 5.41) is 13.9. The van der Waals surface area contributed by atoms with Gasteiger partial charge in [-0.15, -0.1) is 11.8 Å². The molecule has 4 aliphatic heterocycles. The Morgan fingerprint density at radius 3 is 2.52 bits per heavy atom. The van der Waals surface area contributed by atoms with Gasteiger partial charge >= 0.3 is 12.1 Å². The van der Waals surface area contributed by atoms with Crippen LogP contribution in [0.25, 0.3) is 0 Å². The van der Waals surface area contributed by atoms with Gasteiger partial charge in [0.25, 0.3) is 0 Å². The number of halogens is 1. The average Bonchev–Trinajstić information content (AvgIpc) is 3.86. The number of likely N-dealkylation sites (tertiary alicyclic amines) is 1. The van der Waals surface area contributed by atoms with E-state index in [0.29, 0.717) is 24.4 Å². The lowest BCUT2D eigenvalue weighted by atomic mass is 9.83. The maximum absolute atomic E-state index is 14.3. The van der Waals surface area contributed by atoms with Gasteiger partial charge in [0.05, 0.1) is 30.6 Å². The van der Waals surface area contributed by atoms with Gasteiger partial charge in [0.15, 0.2) is 5.72 Å². The molecule has 2 N–H and O–H groups in total. The summed E-state index contributed by atoms with van der Waals surface area (Å²) in [7, 11) is 5.92.